The van der Waals surface area contributed by atoms with Crippen molar-refractivity contribution in [1.82, 2.24) is 19.8 Å². The van der Waals surface area contributed by atoms with Crippen molar-refractivity contribution in [2.24, 2.45) is 16.9 Å². The Labute approximate surface area is 230 Å². The largest absolute Gasteiger partial charge is 0.361 e. The highest BCUT2D eigenvalue weighted by atomic mass is 32.2. The number of nitrogens with two attached hydrogens (primary N) is 1. The number of amides is 2. The van der Waals surface area contributed by atoms with E-state index in [1.807, 2.05) is 36.4 Å². The molecule has 2 aliphatic heterocycles. The normalized spacial score (nSPS) is 19.3. The summed E-state index contributed by atoms with van der Waals surface area (Å²) in [5.74, 6) is 4.79. The SMILES string of the molecule is NN=CN1CCC(CNC(=O)[C@@H]2CCCN2C(=O)[C@@H](Cc2ccccc2)NS(=O)(=O)Cc2ccccc2)CC1. The second-order valence-electron chi connectivity index (χ2n) is 10.3. The molecule has 11 heteroatoms. The third-order valence-corrected chi connectivity index (χ3v) is 8.74. The maximum absolute atomic E-state index is 13.8. The average Bonchev–Trinajstić information content (AvgIpc) is 3.43. The molecule has 0 spiro atoms. The Morgan fingerprint density at radius 3 is 2.26 bits per heavy atom. The molecule has 2 heterocycles. The number of hydrogen-bond donors (Lipinski definition) is 3. The molecule has 10 nitrogen and oxygen atoms in total. The first kappa shape index (κ1) is 28.6. The van der Waals surface area contributed by atoms with Crippen LogP contribution in [0, 0.1) is 5.92 Å². The second-order valence-corrected chi connectivity index (χ2v) is 12.0. The van der Waals surface area contributed by atoms with Crippen LogP contribution in [0.3, 0.4) is 0 Å². The molecule has 4 N–H and O–H groups in total. The summed E-state index contributed by atoms with van der Waals surface area (Å²) in [6.45, 7) is 2.63. The Hall–Kier alpha value is -3.44. The topological polar surface area (TPSA) is 137 Å². The van der Waals surface area contributed by atoms with E-state index < -0.39 is 22.1 Å². The van der Waals surface area contributed by atoms with Crippen LogP contribution in [0.2, 0.25) is 0 Å². The van der Waals surface area contributed by atoms with E-state index in [1.165, 1.54) is 0 Å². The molecule has 2 aliphatic rings. The highest BCUT2D eigenvalue weighted by Crippen LogP contribution is 2.21. The first-order valence-corrected chi connectivity index (χ1v) is 15.1. The third-order valence-electron chi connectivity index (χ3n) is 7.38. The van der Waals surface area contributed by atoms with Crippen LogP contribution >= 0.6 is 0 Å². The number of carbonyl (C=O) groups excluding carboxylic acids is 2. The van der Waals surface area contributed by atoms with Gasteiger partial charge in [0.25, 0.3) is 0 Å². The van der Waals surface area contributed by atoms with Crippen molar-refractivity contribution in [3.8, 4) is 0 Å². The van der Waals surface area contributed by atoms with Crippen molar-refractivity contribution in [3.63, 3.8) is 0 Å². The second kappa shape index (κ2) is 13.6. The van der Waals surface area contributed by atoms with Crippen LogP contribution in [0.4, 0.5) is 0 Å². The summed E-state index contributed by atoms with van der Waals surface area (Å²) < 4.78 is 28.8. The van der Waals surface area contributed by atoms with Gasteiger partial charge in [0.2, 0.25) is 21.8 Å². The Kier molecular flexibility index (Phi) is 9.94. The Morgan fingerprint density at radius 1 is 0.974 bits per heavy atom. The lowest BCUT2D eigenvalue weighted by molar-refractivity contribution is -0.139. The number of piperidine rings is 1. The van der Waals surface area contributed by atoms with Gasteiger partial charge in [-0.2, -0.15) is 5.10 Å². The first-order chi connectivity index (χ1) is 18.8. The standard InChI is InChI=1S/C28H38N6O4S/c29-31-21-33-16-13-23(14-17-33)19-30-27(35)26-12-7-15-34(26)28(36)25(18-22-8-3-1-4-9-22)32-39(37,38)20-24-10-5-2-6-11-24/h1-6,8-11,21,23,25-26,32H,7,12-20,29H2,(H,30,35)/t25-,26+/m1/s1. The molecule has 2 amide bonds. The predicted octanol–water partition coefficient (Wildman–Crippen LogP) is 1.44. The summed E-state index contributed by atoms with van der Waals surface area (Å²) >= 11 is 0. The van der Waals surface area contributed by atoms with Gasteiger partial charge >= 0.3 is 0 Å². The Bertz CT molecular complexity index is 1220. The summed E-state index contributed by atoms with van der Waals surface area (Å²) in [7, 11) is -3.82. The lowest BCUT2D eigenvalue weighted by atomic mass is 9.97. The maximum atomic E-state index is 13.8. The Balaban J connectivity index is 1.41. The fourth-order valence-electron chi connectivity index (χ4n) is 5.31. The minimum Gasteiger partial charge on any atom is -0.361 e. The zero-order chi connectivity index (χ0) is 27.7. The maximum Gasteiger partial charge on any atom is 0.242 e. The minimum atomic E-state index is -3.82. The van der Waals surface area contributed by atoms with Gasteiger partial charge in [0.1, 0.15) is 18.4 Å². The number of likely N-dealkylation sites (tertiary alicyclic amines) is 2. The van der Waals surface area contributed by atoms with E-state index in [1.54, 1.807) is 35.5 Å². The van der Waals surface area contributed by atoms with Crippen LogP contribution < -0.4 is 15.9 Å². The van der Waals surface area contributed by atoms with Gasteiger partial charge in [-0.15, -0.1) is 0 Å². The molecule has 0 bridgehead atoms. The molecule has 2 atom stereocenters. The van der Waals surface area contributed by atoms with Crippen molar-refractivity contribution in [2.45, 2.75) is 49.9 Å². The Morgan fingerprint density at radius 2 is 1.62 bits per heavy atom. The average molecular weight is 555 g/mol. The molecule has 39 heavy (non-hydrogen) atoms. The van der Waals surface area contributed by atoms with Gasteiger partial charge in [-0.25, -0.2) is 13.1 Å². The molecule has 2 fully saturated rings. The van der Waals surface area contributed by atoms with Crippen LogP contribution in [0.25, 0.3) is 0 Å². The summed E-state index contributed by atoms with van der Waals surface area (Å²) in [6, 6.07) is 16.6. The number of rotatable bonds is 11. The summed E-state index contributed by atoms with van der Waals surface area (Å²) in [6.07, 6.45) is 4.91. The quantitative estimate of drug-likeness (QED) is 0.166. The molecular formula is C28H38N6O4S. The van der Waals surface area contributed by atoms with Gasteiger partial charge in [-0.05, 0) is 49.1 Å². The number of sulfonamides is 1. The molecule has 4 rings (SSSR count). The fraction of sp³-hybridized carbons (Fsp3) is 0.464. The van der Waals surface area contributed by atoms with E-state index >= 15 is 0 Å². The highest BCUT2D eigenvalue weighted by Gasteiger charge is 2.38. The molecule has 2 aromatic rings. The lowest BCUT2D eigenvalue weighted by Crippen LogP contribution is -2.54. The fourth-order valence-corrected chi connectivity index (χ4v) is 6.65. The van der Waals surface area contributed by atoms with E-state index in [0.717, 1.165) is 31.5 Å². The van der Waals surface area contributed by atoms with Crippen molar-refractivity contribution in [3.05, 3.63) is 71.8 Å². The van der Waals surface area contributed by atoms with Gasteiger partial charge in [0, 0.05) is 26.2 Å². The third kappa shape index (κ3) is 8.27. The first-order valence-electron chi connectivity index (χ1n) is 13.5. The molecule has 2 aromatic carbocycles. The van der Waals surface area contributed by atoms with Gasteiger partial charge in [-0.1, -0.05) is 60.7 Å². The van der Waals surface area contributed by atoms with Gasteiger partial charge < -0.3 is 21.0 Å². The molecule has 2 saturated heterocycles. The molecule has 0 unspecified atom stereocenters. The van der Waals surface area contributed by atoms with E-state index in [9.17, 15) is 18.0 Å². The number of nitrogens with one attached hydrogen (secondary N) is 2. The summed E-state index contributed by atoms with van der Waals surface area (Å²) in [4.78, 5) is 30.6. The molecule has 0 aliphatic carbocycles. The molecule has 0 radical (unpaired) electrons. The van der Waals surface area contributed by atoms with Crippen LogP contribution in [-0.2, 0) is 31.8 Å². The van der Waals surface area contributed by atoms with Crippen LogP contribution in [0.15, 0.2) is 65.8 Å². The monoisotopic (exact) mass is 554 g/mol. The van der Waals surface area contributed by atoms with Crippen molar-refractivity contribution >= 4 is 28.2 Å². The van der Waals surface area contributed by atoms with E-state index in [4.69, 9.17) is 5.84 Å². The van der Waals surface area contributed by atoms with Crippen LogP contribution in [-0.4, -0.2) is 74.6 Å². The van der Waals surface area contributed by atoms with Crippen molar-refractivity contribution < 1.29 is 18.0 Å². The van der Waals surface area contributed by atoms with Gasteiger partial charge in [0.15, 0.2) is 0 Å². The van der Waals surface area contributed by atoms with Crippen LogP contribution in [0.5, 0.6) is 0 Å². The van der Waals surface area contributed by atoms with E-state index in [-0.39, 0.29) is 24.0 Å². The molecular weight excluding hydrogens is 516 g/mol. The lowest BCUT2D eigenvalue weighted by Gasteiger charge is -2.31. The zero-order valence-electron chi connectivity index (χ0n) is 22.1. The smallest absolute Gasteiger partial charge is 0.242 e. The van der Waals surface area contributed by atoms with Crippen molar-refractivity contribution in [1.29, 1.82) is 0 Å². The number of benzene rings is 2. The summed E-state index contributed by atoms with van der Waals surface area (Å²) in [5.41, 5.74) is 1.47. The summed E-state index contributed by atoms with van der Waals surface area (Å²) in [5, 5.41) is 6.62. The number of hydrogen-bond acceptors (Lipinski definition) is 6. The zero-order valence-corrected chi connectivity index (χ0v) is 22.9. The van der Waals surface area contributed by atoms with Gasteiger partial charge in [-0.3, -0.25) is 9.59 Å². The predicted molar refractivity (Wildman–Crippen MR) is 151 cm³/mol. The molecule has 0 aromatic heterocycles. The number of carbonyl (C=O) groups is 2. The molecule has 210 valence electrons. The van der Waals surface area contributed by atoms with E-state index in [0.29, 0.717) is 37.4 Å². The highest BCUT2D eigenvalue weighted by molar-refractivity contribution is 7.88. The number of hydrazone groups is 1. The minimum absolute atomic E-state index is 0.183. The molecule has 0 saturated carbocycles. The van der Waals surface area contributed by atoms with Crippen LogP contribution in [0.1, 0.15) is 36.8 Å². The van der Waals surface area contributed by atoms with Crippen molar-refractivity contribution in [2.75, 3.05) is 26.2 Å². The van der Waals surface area contributed by atoms with E-state index in [2.05, 4.69) is 20.0 Å². The number of nitrogens with zero attached hydrogens (tertiary/aromatic N) is 3. The van der Waals surface area contributed by atoms with Gasteiger partial charge in [0.05, 0.1) is 5.75 Å².